The van der Waals surface area contributed by atoms with Gasteiger partial charge in [0.05, 0.1) is 0 Å². The second-order valence-electron chi connectivity index (χ2n) is 6.29. The van der Waals surface area contributed by atoms with Gasteiger partial charge >= 0.3 is 0 Å². The molecular formula is C16H22N4O2. The van der Waals surface area contributed by atoms with Crippen LogP contribution in [-0.2, 0) is 22.4 Å². The molecule has 1 aliphatic carbocycles. The Balaban J connectivity index is 1.42. The number of hydrogen-bond acceptors (Lipinski definition) is 5. The third-order valence-electron chi connectivity index (χ3n) is 4.95. The van der Waals surface area contributed by atoms with Gasteiger partial charge in [0.1, 0.15) is 18.2 Å². The largest absolute Gasteiger partial charge is 0.368 e. The van der Waals surface area contributed by atoms with Crippen molar-refractivity contribution in [2.45, 2.75) is 38.2 Å². The smallest absolute Gasteiger partial charge is 0.251 e. The number of amides is 1. The highest BCUT2D eigenvalue weighted by Gasteiger charge is 2.31. The Kier molecular flexibility index (Phi) is 3.70. The monoisotopic (exact) mass is 302 g/mol. The van der Waals surface area contributed by atoms with Crippen molar-refractivity contribution in [2.75, 3.05) is 37.7 Å². The van der Waals surface area contributed by atoms with Crippen molar-refractivity contribution in [2.24, 2.45) is 0 Å². The first-order valence-electron chi connectivity index (χ1n) is 8.31. The zero-order valence-corrected chi connectivity index (χ0v) is 12.8. The SMILES string of the molecule is O=C(C1CCCO1)N1CCN(c2ncnc3c2CCC3)CC1. The van der Waals surface area contributed by atoms with Crippen LogP contribution in [0.5, 0.6) is 0 Å². The lowest BCUT2D eigenvalue weighted by Gasteiger charge is -2.37. The lowest BCUT2D eigenvalue weighted by molar-refractivity contribution is -0.141. The Morgan fingerprint density at radius 3 is 2.77 bits per heavy atom. The maximum atomic E-state index is 12.4. The van der Waals surface area contributed by atoms with E-state index in [-0.39, 0.29) is 12.0 Å². The van der Waals surface area contributed by atoms with E-state index < -0.39 is 0 Å². The van der Waals surface area contributed by atoms with Crippen molar-refractivity contribution in [1.82, 2.24) is 14.9 Å². The zero-order chi connectivity index (χ0) is 14.9. The van der Waals surface area contributed by atoms with Gasteiger partial charge in [-0.1, -0.05) is 0 Å². The van der Waals surface area contributed by atoms with E-state index in [0.717, 1.165) is 64.3 Å². The Hall–Kier alpha value is -1.69. The minimum atomic E-state index is -0.199. The zero-order valence-electron chi connectivity index (χ0n) is 12.8. The number of carbonyl (C=O) groups excluding carboxylic acids is 1. The number of rotatable bonds is 2. The van der Waals surface area contributed by atoms with E-state index in [1.165, 1.54) is 17.7 Å². The van der Waals surface area contributed by atoms with Crippen LogP contribution >= 0.6 is 0 Å². The number of anilines is 1. The predicted molar refractivity (Wildman–Crippen MR) is 81.8 cm³/mol. The van der Waals surface area contributed by atoms with E-state index in [4.69, 9.17) is 4.74 Å². The molecule has 3 heterocycles. The van der Waals surface area contributed by atoms with Crippen molar-refractivity contribution in [3.8, 4) is 0 Å². The van der Waals surface area contributed by atoms with E-state index in [1.807, 2.05) is 4.90 Å². The fraction of sp³-hybridized carbons (Fsp3) is 0.688. The first kappa shape index (κ1) is 13.9. The molecule has 1 aromatic heterocycles. The number of aryl methyl sites for hydroxylation is 1. The summed E-state index contributed by atoms with van der Waals surface area (Å²) in [6, 6.07) is 0. The van der Waals surface area contributed by atoms with Crippen LogP contribution in [0.25, 0.3) is 0 Å². The third kappa shape index (κ3) is 2.45. The average molecular weight is 302 g/mol. The standard InChI is InChI=1S/C16H22N4O2/c21-16(14-5-2-10-22-14)20-8-6-19(7-9-20)15-12-3-1-4-13(12)17-11-18-15/h11,14H,1-10H2. The maximum Gasteiger partial charge on any atom is 0.251 e. The molecule has 0 bridgehead atoms. The van der Waals surface area contributed by atoms with Crippen LogP contribution < -0.4 is 4.90 Å². The summed E-state index contributed by atoms with van der Waals surface area (Å²) in [5.41, 5.74) is 2.53. The lowest BCUT2D eigenvalue weighted by atomic mass is 10.2. The molecule has 118 valence electrons. The normalized spacial score (nSPS) is 24.6. The van der Waals surface area contributed by atoms with Crippen LogP contribution in [0.15, 0.2) is 6.33 Å². The molecule has 22 heavy (non-hydrogen) atoms. The summed E-state index contributed by atoms with van der Waals surface area (Å²) in [6.45, 7) is 3.95. The number of nitrogens with zero attached hydrogens (tertiary/aromatic N) is 4. The fourth-order valence-corrected chi connectivity index (χ4v) is 3.73. The van der Waals surface area contributed by atoms with Gasteiger partial charge in [0, 0.05) is 44.0 Å². The summed E-state index contributed by atoms with van der Waals surface area (Å²) >= 11 is 0. The van der Waals surface area contributed by atoms with E-state index in [1.54, 1.807) is 6.33 Å². The molecule has 1 atom stereocenters. The van der Waals surface area contributed by atoms with Crippen molar-refractivity contribution < 1.29 is 9.53 Å². The van der Waals surface area contributed by atoms with E-state index in [0.29, 0.717) is 0 Å². The number of aromatic nitrogens is 2. The van der Waals surface area contributed by atoms with Crippen molar-refractivity contribution in [3.63, 3.8) is 0 Å². The van der Waals surface area contributed by atoms with Gasteiger partial charge in [-0.3, -0.25) is 4.79 Å². The molecule has 6 nitrogen and oxygen atoms in total. The Labute approximate surface area is 130 Å². The van der Waals surface area contributed by atoms with Gasteiger partial charge in [-0.25, -0.2) is 9.97 Å². The Morgan fingerprint density at radius 2 is 2.00 bits per heavy atom. The predicted octanol–water partition coefficient (Wildman–Crippen LogP) is 0.793. The highest BCUT2D eigenvalue weighted by Crippen LogP contribution is 2.28. The third-order valence-corrected chi connectivity index (χ3v) is 4.95. The molecule has 4 rings (SSSR count). The van der Waals surface area contributed by atoms with Crippen LogP contribution in [0.3, 0.4) is 0 Å². The Morgan fingerprint density at radius 1 is 1.14 bits per heavy atom. The first-order chi connectivity index (χ1) is 10.8. The van der Waals surface area contributed by atoms with Crippen LogP contribution in [-0.4, -0.2) is 59.7 Å². The quantitative estimate of drug-likeness (QED) is 0.808. The molecule has 0 saturated carbocycles. The molecule has 2 saturated heterocycles. The average Bonchev–Trinajstić information content (AvgIpc) is 3.25. The molecule has 0 radical (unpaired) electrons. The molecule has 2 aliphatic heterocycles. The fourth-order valence-electron chi connectivity index (χ4n) is 3.73. The molecule has 0 N–H and O–H groups in total. The van der Waals surface area contributed by atoms with Gasteiger partial charge in [0.2, 0.25) is 0 Å². The lowest BCUT2D eigenvalue weighted by Crippen LogP contribution is -2.51. The number of ether oxygens (including phenoxy) is 1. The van der Waals surface area contributed by atoms with Crippen molar-refractivity contribution >= 4 is 11.7 Å². The van der Waals surface area contributed by atoms with E-state index in [9.17, 15) is 4.79 Å². The second-order valence-corrected chi connectivity index (χ2v) is 6.29. The summed E-state index contributed by atoms with van der Waals surface area (Å²) < 4.78 is 5.51. The topological polar surface area (TPSA) is 58.6 Å². The molecule has 2 fully saturated rings. The highest BCUT2D eigenvalue weighted by atomic mass is 16.5. The number of fused-ring (bicyclic) bond motifs is 1. The van der Waals surface area contributed by atoms with E-state index >= 15 is 0 Å². The molecule has 3 aliphatic rings. The van der Waals surface area contributed by atoms with Crippen molar-refractivity contribution in [3.05, 3.63) is 17.6 Å². The van der Waals surface area contributed by atoms with Gasteiger partial charge in [0.15, 0.2) is 0 Å². The van der Waals surface area contributed by atoms with Gasteiger partial charge in [-0.2, -0.15) is 0 Å². The highest BCUT2D eigenvalue weighted by molar-refractivity contribution is 5.81. The van der Waals surface area contributed by atoms with Gasteiger partial charge in [-0.15, -0.1) is 0 Å². The number of piperazine rings is 1. The van der Waals surface area contributed by atoms with Gasteiger partial charge in [-0.05, 0) is 32.1 Å². The summed E-state index contributed by atoms with van der Waals surface area (Å²) in [4.78, 5) is 25.5. The number of carbonyl (C=O) groups is 1. The number of hydrogen-bond donors (Lipinski definition) is 0. The molecule has 0 spiro atoms. The molecule has 1 amide bonds. The van der Waals surface area contributed by atoms with Crippen LogP contribution in [0.4, 0.5) is 5.82 Å². The summed E-state index contributed by atoms with van der Waals surface area (Å²) in [5.74, 6) is 1.26. The first-order valence-corrected chi connectivity index (χ1v) is 8.31. The summed E-state index contributed by atoms with van der Waals surface area (Å²) in [6.07, 6.45) is 6.70. The molecule has 6 heteroatoms. The van der Waals surface area contributed by atoms with Gasteiger partial charge < -0.3 is 14.5 Å². The Bertz CT molecular complexity index is 563. The van der Waals surface area contributed by atoms with Crippen LogP contribution in [0, 0.1) is 0 Å². The molecule has 1 aromatic rings. The van der Waals surface area contributed by atoms with Crippen LogP contribution in [0.2, 0.25) is 0 Å². The minimum Gasteiger partial charge on any atom is -0.368 e. The maximum absolute atomic E-state index is 12.4. The van der Waals surface area contributed by atoms with Crippen LogP contribution in [0.1, 0.15) is 30.5 Å². The molecule has 0 aromatic carbocycles. The summed E-state index contributed by atoms with van der Waals surface area (Å²) in [5, 5.41) is 0. The second kappa shape index (κ2) is 5.83. The molecular weight excluding hydrogens is 280 g/mol. The van der Waals surface area contributed by atoms with Crippen molar-refractivity contribution in [1.29, 1.82) is 0 Å². The van der Waals surface area contributed by atoms with E-state index in [2.05, 4.69) is 14.9 Å². The minimum absolute atomic E-state index is 0.171. The summed E-state index contributed by atoms with van der Waals surface area (Å²) in [7, 11) is 0. The van der Waals surface area contributed by atoms with Gasteiger partial charge in [0.25, 0.3) is 5.91 Å². The molecule has 1 unspecified atom stereocenters.